The molecule has 0 aliphatic carbocycles. The van der Waals surface area contributed by atoms with Crippen molar-refractivity contribution in [3.05, 3.63) is 71.6 Å². The number of rotatable bonds is 5. The molecule has 0 radical (unpaired) electrons. The molecule has 0 spiro atoms. The first-order chi connectivity index (χ1) is 14.4. The molecule has 1 aliphatic rings. The van der Waals surface area contributed by atoms with Crippen molar-refractivity contribution in [1.29, 1.82) is 0 Å². The average molecular weight is 415 g/mol. The van der Waals surface area contributed by atoms with E-state index < -0.39 is 11.7 Å². The fourth-order valence-corrected chi connectivity index (χ4v) is 3.69. The molecule has 1 fully saturated rings. The molecule has 5 nitrogen and oxygen atoms in total. The van der Waals surface area contributed by atoms with Crippen LogP contribution in [0.2, 0.25) is 0 Å². The Kier molecular flexibility index (Phi) is 5.67. The van der Waals surface area contributed by atoms with E-state index in [1.165, 1.54) is 12.1 Å². The molecule has 8 heteroatoms. The Labute approximate surface area is 171 Å². The van der Waals surface area contributed by atoms with Crippen molar-refractivity contribution < 1.29 is 22.5 Å². The van der Waals surface area contributed by atoms with Crippen molar-refractivity contribution in [2.24, 2.45) is 5.92 Å². The van der Waals surface area contributed by atoms with E-state index in [1.54, 1.807) is 0 Å². The van der Waals surface area contributed by atoms with Gasteiger partial charge in [0.15, 0.2) is 5.78 Å². The van der Waals surface area contributed by atoms with Gasteiger partial charge in [-0.3, -0.25) is 9.69 Å². The van der Waals surface area contributed by atoms with Crippen LogP contribution in [0.4, 0.5) is 13.2 Å². The zero-order chi connectivity index (χ0) is 21.1. The predicted octanol–water partition coefficient (Wildman–Crippen LogP) is 4.85. The number of carbonyl (C=O) groups is 1. The van der Waals surface area contributed by atoms with E-state index in [0.29, 0.717) is 30.1 Å². The van der Waals surface area contributed by atoms with Gasteiger partial charge in [-0.15, -0.1) is 0 Å². The van der Waals surface area contributed by atoms with Gasteiger partial charge < -0.3 is 4.52 Å². The second-order valence-corrected chi connectivity index (χ2v) is 7.39. The van der Waals surface area contributed by atoms with Crippen LogP contribution < -0.4 is 0 Å². The summed E-state index contributed by atoms with van der Waals surface area (Å²) in [5, 5.41) is 3.88. The smallest absolute Gasteiger partial charge is 0.338 e. The topological polar surface area (TPSA) is 59.2 Å². The number of benzene rings is 2. The van der Waals surface area contributed by atoms with Crippen LogP contribution in [0.15, 0.2) is 59.1 Å². The molecule has 2 aromatic carbocycles. The van der Waals surface area contributed by atoms with Crippen LogP contribution in [0, 0.1) is 5.92 Å². The Balaban J connectivity index is 1.40. The molecule has 30 heavy (non-hydrogen) atoms. The van der Waals surface area contributed by atoms with Gasteiger partial charge in [0.05, 0.1) is 12.1 Å². The number of ketones is 1. The average Bonchev–Trinajstić information content (AvgIpc) is 3.22. The summed E-state index contributed by atoms with van der Waals surface area (Å²) in [5.74, 6) is 0.667. The lowest BCUT2D eigenvalue weighted by atomic mass is 9.90. The van der Waals surface area contributed by atoms with Gasteiger partial charge in [0.25, 0.3) is 0 Å². The molecule has 0 saturated carbocycles. The lowest BCUT2D eigenvalue weighted by Crippen LogP contribution is -2.38. The first-order valence-electron chi connectivity index (χ1n) is 9.72. The van der Waals surface area contributed by atoms with Crippen LogP contribution in [0.25, 0.3) is 11.4 Å². The van der Waals surface area contributed by atoms with Crippen LogP contribution in [0.3, 0.4) is 0 Å². The normalized spacial score (nSPS) is 17.8. The summed E-state index contributed by atoms with van der Waals surface area (Å²) in [6, 6.07) is 13.9. The van der Waals surface area contributed by atoms with E-state index in [4.69, 9.17) is 4.52 Å². The molecule has 1 atom stereocenters. The van der Waals surface area contributed by atoms with Gasteiger partial charge in [-0.25, -0.2) is 0 Å². The van der Waals surface area contributed by atoms with Crippen LogP contribution in [-0.2, 0) is 12.7 Å². The van der Waals surface area contributed by atoms with Gasteiger partial charge in [-0.1, -0.05) is 47.6 Å². The number of hydrogen-bond donors (Lipinski definition) is 0. The molecule has 0 unspecified atom stereocenters. The largest absolute Gasteiger partial charge is 0.416 e. The first kappa shape index (κ1) is 20.3. The Bertz CT molecular complexity index is 1000. The maximum absolute atomic E-state index is 12.7. The van der Waals surface area contributed by atoms with Crippen LogP contribution >= 0.6 is 0 Å². The highest BCUT2D eigenvalue weighted by molar-refractivity contribution is 5.98. The van der Waals surface area contributed by atoms with Gasteiger partial charge in [0, 0.05) is 23.6 Å². The summed E-state index contributed by atoms with van der Waals surface area (Å²) < 4.78 is 43.4. The van der Waals surface area contributed by atoms with E-state index in [9.17, 15) is 18.0 Å². The summed E-state index contributed by atoms with van der Waals surface area (Å²) in [6.07, 6.45) is -2.66. The second kappa shape index (κ2) is 8.39. The van der Waals surface area contributed by atoms with E-state index in [2.05, 4.69) is 15.0 Å². The quantitative estimate of drug-likeness (QED) is 0.558. The Morgan fingerprint density at radius 2 is 1.83 bits per heavy atom. The maximum Gasteiger partial charge on any atom is 0.416 e. The van der Waals surface area contributed by atoms with Crippen molar-refractivity contribution in [3.63, 3.8) is 0 Å². The minimum absolute atomic E-state index is 0.0848. The van der Waals surface area contributed by atoms with E-state index in [1.807, 2.05) is 30.3 Å². The predicted molar refractivity (Wildman–Crippen MR) is 104 cm³/mol. The SMILES string of the molecule is O=C(c1ccccc1)[C@@H]1CCCN(Cc2nc(-c3ccc(C(F)(F)F)cc3)no2)C1. The van der Waals surface area contributed by atoms with Gasteiger partial charge in [0.2, 0.25) is 11.7 Å². The summed E-state index contributed by atoms with van der Waals surface area (Å²) in [5.41, 5.74) is 0.443. The van der Waals surface area contributed by atoms with Crippen molar-refractivity contribution in [2.45, 2.75) is 25.6 Å². The molecular weight excluding hydrogens is 395 g/mol. The van der Waals surface area contributed by atoms with Crippen molar-refractivity contribution in [2.75, 3.05) is 13.1 Å². The van der Waals surface area contributed by atoms with Gasteiger partial charge in [-0.2, -0.15) is 18.2 Å². The number of carbonyl (C=O) groups excluding carboxylic acids is 1. The second-order valence-electron chi connectivity index (χ2n) is 7.39. The third-order valence-electron chi connectivity index (χ3n) is 5.23. The first-order valence-corrected chi connectivity index (χ1v) is 9.72. The Hall–Kier alpha value is -3.00. The van der Waals surface area contributed by atoms with E-state index in [-0.39, 0.29) is 17.5 Å². The van der Waals surface area contributed by atoms with E-state index >= 15 is 0 Å². The highest BCUT2D eigenvalue weighted by atomic mass is 19.4. The van der Waals surface area contributed by atoms with Crippen LogP contribution in [-0.4, -0.2) is 33.9 Å². The fourth-order valence-electron chi connectivity index (χ4n) is 3.69. The third-order valence-corrected chi connectivity index (χ3v) is 5.23. The summed E-state index contributed by atoms with van der Waals surface area (Å²) in [7, 11) is 0. The highest BCUT2D eigenvalue weighted by Crippen LogP contribution is 2.30. The molecule has 0 N–H and O–H groups in total. The molecule has 156 valence electrons. The summed E-state index contributed by atoms with van der Waals surface area (Å²) in [6.45, 7) is 1.81. The minimum atomic E-state index is -4.39. The van der Waals surface area contributed by atoms with Gasteiger partial charge in [0.1, 0.15) is 0 Å². The number of Topliss-reactive ketones (excluding diaryl/α,β-unsaturated/α-hetero) is 1. The maximum atomic E-state index is 12.7. The Morgan fingerprint density at radius 1 is 1.10 bits per heavy atom. The number of hydrogen-bond acceptors (Lipinski definition) is 5. The molecular formula is C22H20F3N3O2. The standard InChI is InChI=1S/C22H20F3N3O2/c23-22(24,25)18-10-8-16(9-11-18)21-26-19(30-27-21)14-28-12-4-7-17(13-28)20(29)15-5-2-1-3-6-15/h1-3,5-6,8-11,17H,4,7,12-14H2/t17-/m1/s1. The summed E-state index contributed by atoms with van der Waals surface area (Å²) in [4.78, 5) is 19.1. The molecule has 3 aromatic rings. The number of aromatic nitrogens is 2. The fraction of sp³-hybridized carbons (Fsp3) is 0.318. The number of alkyl halides is 3. The molecule has 1 aromatic heterocycles. The number of halogens is 3. The molecule has 0 amide bonds. The third kappa shape index (κ3) is 4.59. The number of likely N-dealkylation sites (tertiary alicyclic amines) is 1. The molecule has 1 aliphatic heterocycles. The number of nitrogens with zero attached hydrogens (tertiary/aromatic N) is 3. The van der Waals surface area contributed by atoms with E-state index in [0.717, 1.165) is 31.5 Å². The van der Waals surface area contributed by atoms with Gasteiger partial charge >= 0.3 is 6.18 Å². The monoisotopic (exact) mass is 415 g/mol. The number of piperidine rings is 1. The minimum Gasteiger partial charge on any atom is -0.338 e. The molecule has 2 heterocycles. The highest BCUT2D eigenvalue weighted by Gasteiger charge is 2.30. The summed E-state index contributed by atoms with van der Waals surface area (Å²) >= 11 is 0. The zero-order valence-electron chi connectivity index (χ0n) is 16.1. The van der Waals surface area contributed by atoms with Gasteiger partial charge in [-0.05, 0) is 31.5 Å². The molecule has 1 saturated heterocycles. The van der Waals surface area contributed by atoms with Crippen LogP contribution in [0.1, 0.15) is 34.7 Å². The Morgan fingerprint density at radius 3 is 2.53 bits per heavy atom. The van der Waals surface area contributed by atoms with Crippen LogP contribution in [0.5, 0.6) is 0 Å². The van der Waals surface area contributed by atoms with Crippen molar-refractivity contribution >= 4 is 5.78 Å². The van der Waals surface area contributed by atoms with Crippen molar-refractivity contribution in [3.8, 4) is 11.4 Å². The van der Waals surface area contributed by atoms with Crippen molar-refractivity contribution in [1.82, 2.24) is 15.0 Å². The molecule has 0 bridgehead atoms. The zero-order valence-corrected chi connectivity index (χ0v) is 16.1. The lowest BCUT2D eigenvalue weighted by Gasteiger charge is -2.30. The lowest BCUT2D eigenvalue weighted by molar-refractivity contribution is -0.137. The molecule has 4 rings (SSSR count).